The van der Waals surface area contributed by atoms with E-state index in [4.69, 9.17) is 21.2 Å². The van der Waals surface area contributed by atoms with E-state index in [9.17, 15) is 9.59 Å². The number of halogens is 1. The Morgan fingerprint density at radius 1 is 1.35 bits per heavy atom. The van der Waals surface area contributed by atoms with E-state index >= 15 is 0 Å². The van der Waals surface area contributed by atoms with Crippen molar-refractivity contribution < 1.29 is 19.2 Å². The summed E-state index contributed by atoms with van der Waals surface area (Å²) >= 11 is 5.91. The van der Waals surface area contributed by atoms with Gasteiger partial charge in [0.25, 0.3) is 0 Å². The van der Waals surface area contributed by atoms with Crippen LogP contribution in [-0.4, -0.2) is 27.1 Å². The molecular weight excluding hydrogens is 322 g/mol. The maximum absolute atomic E-state index is 12.0. The zero-order valence-electron chi connectivity index (χ0n) is 12.0. The molecule has 2 N–H and O–H groups in total. The predicted molar refractivity (Wildman–Crippen MR) is 80.4 cm³/mol. The summed E-state index contributed by atoms with van der Waals surface area (Å²) in [5.41, 5.74) is 0.712. The molecule has 1 heterocycles. The lowest BCUT2D eigenvalue weighted by Gasteiger charge is -2.31. The quantitative estimate of drug-likeness (QED) is 0.867. The minimum Gasteiger partial charge on any atom is -0.481 e. The van der Waals surface area contributed by atoms with Crippen LogP contribution >= 0.6 is 11.6 Å². The number of hydrogen-bond acceptors (Lipinski definition) is 5. The Morgan fingerprint density at radius 2 is 2.13 bits per heavy atom. The number of aliphatic carboxylic acids is 1. The van der Waals surface area contributed by atoms with E-state index in [1.54, 1.807) is 24.3 Å². The van der Waals surface area contributed by atoms with Gasteiger partial charge in [-0.15, -0.1) is 0 Å². The van der Waals surface area contributed by atoms with Crippen LogP contribution in [0.5, 0.6) is 0 Å². The van der Waals surface area contributed by atoms with Crippen molar-refractivity contribution in [2.24, 2.45) is 11.8 Å². The number of rotatable bonds is 5. The Bertz CT molecular complexity index is 746. The lowest BCUT2D eigenvalue weighted by Crippen LogP contribution is -2.43. The zero-order chi connectivity index (χ0) is 16.4. The number of amides is 1. The minimum absolute atomic E-state index is 0.0647. The van der Waals surface area contributed by atoms with Gasteiger partial charge < -0.3 is 14.9 Å². The number of nitrogens with zero attached hydrogens (tertiary/aromatic N) is 2. The standard InChI is InChI=1S/C15H14ClN3O4/c16-9-3-1-2-8(6-9)13-18-12(23-19-13)7-17-14(20)10-4-5-11(10)15(21)22/h1-3,6,10-11H,4-5,7H2,(H,17,20)(H,21,22). The van der Waals surface area contributed by atoms with Crippen LogP contribution in [0.25, 0.3) is 11.4 Å². The van der Waals surface area contributed by atoms with Gasteiger partial charge in [0, 0.05) is 10.6 Å². The summed E-state index contributed by atoms with van der Waals surface area (Å²) in [5, 5.41) is 16.0. The van der Waals surface area contributed by atoms with Crippen LogP contribution in [0.2, 0.25) is 5.02 Å². The van der Waals surface area contributed by atoms with Gasteiger partial charge in [-0.05, 0) is 25.0 Å². The molecule has 23 heavy (non-hydrogen) atoms. The SMILES string of the molecule is O=C(O)C1CCC1C(=O)NCc1nc(-c2cccc(Cl)c2)no1. The molecule has 2 unspecified atom stereocenters. The van der Waals surface area contributed by atoms with Gasteiger partial charge >= 0.3 is 5.97 Å². The fourth-order valence-corrected chi connectivity index (χ4v) is 2.67. The first-order valence-corrected chi connectivity index (χ1v) is 7.51. The molecule has 0 spiro atoms. The largest absolute Gasteiger partial charge is 0.481 e. The Morgan fingerprint density at radius 3 is 2.78 bits per heavy atom. The normalized spacial score (nSPS) is 19.9. The van der Waals surface area contributed by atoms with E-state index < -0.39 is 17.8 Å². The van der Waals surface area contributed by atoms with Crippen LogP contribution in [0.15, 0.2) is 28.8 Å². The highest BCUT2D eigenvalue weighted by atomic mass is 35.5. The number of nitrogens with one attached hydrogen (secondary N) is 1. The van der Waals surface area contributed by atoms with Crippen LogP contribution in [0.1, 0.15) is 18.7 Å². The molecule has 1 aliphatic rings. The highest BCUT2D eigenvalue weighted by Crippen LogP contribution is 2.34. The molecule has 0 saturated heterocycles. The number of carbonyl (C=O) groups excluding carboxylic acids is 1. The second-order valence-electron chi connectivity index (χ2n) is 5.37. The van der Waals surface area contributed by atoms with Gasteiger partial charge in [-0.1, -0.05) is 28.9 Å². The van der Waals surface area contributed by atoms with E-state index in [-0.39, 0.29) is 18.3 Å². The molecule has 8 heteroatoms. The third-order valence-electron chi connectivity index (χ3n) is 3.89. The summed E-state index contributed by atoms with van der Waals surface area (Å²) < 4.78 is 5.08. The summed E-state index contributed by atoms with van der Waals surface area (Å²) in [4.78, 5) is 27.1. The number of carboxylic acids is 1. The van der Waals surface area contributed by atoms with Crippen molar-refractivity contribution in [2.75, 3.05) is 0 Å². The number of benzene rings is 1. The highest BCUT2D eigenvalue weighted by molar-refractivity contribution is 6.30. The Kier molecular flexibility index (Phi) is 4.29. The molecule has 1 saturated carbocycles. The Hall–Kier alpha value is -2.41. The van der Waals surface area contributed by atoms with Crippen molar-refractivity contribution in [2.45, 2.75) is 19.4 Å². The molecule has 0 aliphatic heterocycles. The smallest absolute Gasteiger partial charge is 0.307 e. The fraction of sp³-hybridized carbons (Fsp3) is 0.333. The van der Waals surface area contributed by atoms with Crippen molar-refractivity contribution >= 4 is 23.5 Å². The molecule has 120 valence electrons. The van der Waals surface area contributed by atoms with Crippen LogP contribution in [-0.2, 0) is 16.1 Å². The summed E-state index contributed by atoms with van der Waals surface area (Å²) in [6.45, 7) is 0.0647. The lowest BCUT2D eigenvalue weighted by molar-refractivity contribution is -0.152. The molecule has 0 radical (unpaired) electrons. The molecule has 0 bridgehead atoms. The fourth-order valence-electron chi connectivity index (χ4n) is 2.47. The molecule has 1 aliphatic carbocycles. The number of hydrogen-bond donors (Lipinski definition) is 2. The lowest BCUT2D eigenvalue weighted by atomic mass is 9.73. The average Bonchev–Trinajstić information content (AvgIpc) is 2.92. The Labute approximate surface area is 136 Å². The average molecular weight is 336 g/mol. The minimum atomic E-state index is -0.933. The van der Waals surface area contributed by atoms with Crippen molar-refractivity contribution in [3.05, 3.63) is 35.2 Å². The molecule has 7 nitrogen and oxygen atoms in total. The number of aromatic nitrogens is 2. The zero-order valence-corrected chi connectivity index (χ0v) is 12.8. The van der Waals surface area contributed by atoms with E-state index in [0.29, 0.717) is 29.3 Å². The first kappa shape index (κ1) is 15.5. The summed E-state index contributed by atoms with van der Waals surface area (Å²) in [6.07, 6.45) is 1.12. The van der Waals surface area contributed by atoms with Gasteiger partial charge in [0.2, 0.25) is 17.6 Å². The van der Waals surface area contributed by atoms with Crippen molar-refractivity contribution in [3.63, 3.8) is 0 Å². The van der Waals surface area contributed by atoms with E-state index in [0.717, 1.165) is 0 Å². The summed E-state index contributed by atoms with van der Waals surface area (Å²) in [6, 6.07) is 7.02. The molecule has 2 atom stereocenters. The molecule has 1 aromatic heterocycles. The third-order valence-corrected chi connectivity index (χ3v) is 4.13. The molecule has 1 amide bonds. The van der Waals surface area contributed by atoms with E-state index in [1.807, 2.05) is 0 Å². The second kappa shape index (κ2) is 6.37. The maximum Gasteiger partial charge on any atom is 0.307 e. The van der Waals surface area contributed by atoms with Crippen LogP contribution in [0.3, 0.4) is 0 Å². The van der Waals surface area contributed by atoms with Crippen LogP contribution < -0.4 is 5.32 Å². The van der Waals surface area contributed by atoms with Crippen molar-refractivity contribution in [1.29, 1.82) is 0 Å². The van der Waals surface area contributed by atoms with Gasteiger partial charge in [0.1, 0.15) is 0 Å². The van der Waals surface area contributed by atoms with E-state index in [2.05, 4.69) is 15.5 Å². The monoisotopic (exact) mass is 335 g/mol. The molecular formula is C15H14ClN3O4. The first-order chi connectivity index (χ1) is 11.0. The summed E-state index contributed by atoms with van der Waals surface area (Å²) in [5.74, 6) is -1.69. The predicted octanol–water partition coefficient (Wildman–Crippen LogP) is 2.12. The van der Waals surface area contributed by atoms with Crippen LogP contribution in [0, 0.1) is 11.8 Å². The molecule has 1 fully saturated rings. The maximum atomic E-state index is 12.0. The molecule has 2 aromatic rings. The number of carbonyl (C=O) groups is 2. The van der Waals surface area contributed by atoms with Crippen molar-refractivity contribution in [3.8, 4) is 11.4 Å². The summed E-state index contributed by atoms with van der Waals surface area (Å²) in [7, 11) is 0. The van der Waals surface area contributed by atoms with Gasteiger partial charge in [-0.3, -0.25) is 9.59 Å². The topological polar surface area (TPSA) is 105 Å². The van der Waals surface area contributed by atoms with Crippen LogP contribution in [0.4, 0.5) is 0 Å². The molecule has 3 rings (SSSR count). The van der Waals surface area contributed by atoms with Crippen molar-refractivity contribution in [1.82, 2.24) is 15.5 Å². The van der Waals surface area contributed by atoms with Gasteiger partial charge in [-0.25, -0.2) is 0 Å². The third kappa shape index (κ3) is 3.34. The first-order valence-electron chi connectivity index (χ1n) is 7.13. The Balaban J connectivity index is 1.59. The highest BCUT2D eigenvalue weighted by Gasteiger charge is 2.41. The van der Waals surface area contributed by atoms with Gasteiger partial charge in [-0.2, -0.15) is 4.98 Å². The van der Waals surface area contributed by atoms with Gasteiger partial charge in [0.15, 0.2) is 0 Å². The molecule has 1 aromatic carbocycles. The second-order valence-corrected chi connectivity index (χ2v) is 5.80. The van der Waals surface area contributed by atoms with E-state index in [1.165, 1.54) is 0 Å². The van der Waals surface area contributed by atoms with Gasteiger partial charge in [0.05, 0.1) is 18.4 Å². The number of carboxylic acid groups (broad SMARTS) is 1.